The number of fused-ring (bicyclic) bond motifs is 1. The van der Waals surface area contributed by atoms with Gasteiger partial charge in [0.05, 0.1) is 23.3 Å². The zero-order valence-electron chi connectivity index (χ0n) is 9.94. The maximum Gasteiger partial charge on any atom is 0.123 e. The van der Waals surface area contributed by atoms with E-state index in [0.717, 1.165) is 21.4 Å². The summed E-state index contributed by atoms with van der Waals surface area (Å²) in [5, 5.41) is 4.45. The van der Waals surface area contributed by atoms with Gasteiger partial charge >= 0.3 is 0 Å². The molecule has 3 rings (SSSR count). The molecule has 2 aromatic rings. The minimum Gasteiger partial charge on any atom is -0.367 e. The van der Waals surface area contributed by atoms with Gasteiger partial charge in [-0.05, 0) is 40.2 Å². The van der Waals surface area contributed by atoms with E-state index >= 15 is 0 Å². The quantitative estimate of drug-likeness (QED) is 0.845. The van der Waals surface area contributed by atoms with Crippen LogP contribution >= 0.6 is 15.9 Å². The van der Waals surface area contributed by atoms with Gasteiger partial charge in [0, 0.05) is 5.56 Å². The molecular formula is C13H11BrF2N2O. The molecule has 0 radical (unpaired) electrons. The molecule has 6 heteroatoms. The van der Waals surface area contributed by atoms with Crippen LogP contribution < -0.4 is 0 Å². The van der Waals surface area contributed by atoms with Crippen molar-refractivity contribution in [1.29, 1.82) is 0 Å². The second kappa shape index (κ2) is 5.02. The Bertz CT molecular complexity index is 597. The number of hydrogen-bond donors (Lipinski definition) is 0. The van der Waals surface area contributed by atoms with Crippen molar-refractivity contribution < 1.29 is 13.5 Å². The number of benzene rings is 1. The van der Waals surface area contributed by atoms with Crippen LogP contribution in [0.3, 0.4) is 0 Å². The predicted molar refractivity (Wildman–Crippen MR) is 69.9 cm³/mol. The standard InChI is InChI=1S/C13H11BrF2N2O/c14-12-11-7-19-10(5-15)6-18(11)17-13(12)8-1-3-9(16)4-2-8/h1-4,10H,5-7H2. The Balaban J connectivity index is 2.00. The zero-order valence-corrected chi connectivity index (χ0v) is 11.5. The van der Waals surface area contributed by atoms with Crippen LogP contribution in [0.1, 0.15) is 5.69 Å². The number of ether oxygens (including phenoxy) is 1. The fraction of sp³-hybridized carbons (Fsp3) is 0.308. The van der Waals surface area contributed by atoms with Crippen LogP contribution in [-0.2, 0) is 17.9 Å². The summed E-state index contributed by atoms with van der Waals surface area (Å²) in [6.45, 7) is 0.192. The van der Waals surface area contributed by atoms with Crippen LogP contribution in [0, 0.1) is 5.82 Å². The van der Waals surface area contributed by atoms with E-state index in [1.807, 2.05) is 0 Å². The summed E-state index contributed by atoms with van der Waals surface area (Å²) in [5.74, 6) is -0.287. The Morgan fingerprint density at radius 2 is 2.11 bits per heavy atom. The lowest BCUT2D eigenvalue weighted by molar-refractivity contribution is -0.0133. The Kier molecular flexibility index (Phi) is 3.36. The largest absolute Gasteiger partial charge is 0.367 e. The Morgan fingerprint density at radius 3 is 2.79 bits per heavy atom. The minimum absolute atomic E-state index is 0.287. The first-order chi connectivity index (χ1) is 9.19. The van der Waals surface area contributed by atoms with Crippen LogP contribution in [0.2, 0.25) is 0 Å². The van der Waals surface area contributed by atoms with Crippen molar-refractivity contribution in [1.82, 2.24) is 9.78 Å². The van der Waals surface area contributed by atoms with E-state index in [0.29, 0.717) is 13.2 Å². The monoisotopic (exact) mass is 328 g/mol. The average Bonchev–Trinajstić information content (AvgIpc) is 2.76. The van der Waals surface area contributed by atoms with Gasteiger partial charge in [0.15, 0.2) is 0 Å². The third-order valence-electron chi connectivity index (χ3n) is 3.12. The minimum atomic E-state index is -0.525. The van der Waals surface area contributed by atoms with E-state index in [-0.39, 0.29) is 5.82 Å². The van der Waals surface area contributed by atoms with Crippen molar-refractivity contribution in [2.24, 2.45) is 0 Å². The highest BCUT2D eigenvalue weighted by Gasteiger charge is 2.25. The molecule has 0 N–H and O–H groups in total. The fourth-order valence-corrected chi connectivity index (χ4v) is 2.72. The highest BCUT2D eigenvalue weighted by Crippen LogP contribution is 2.33. The predicted octanol–water partition coefficient (Wildman–Crippen LogP) is 3.32. The normalized spacial score (nSPS) is 18.4. The highest BCUT2D eigenvalue weighted by molar-refractivity contribution is 9.10. The summed E-state index contributed by atoms with van der Waals surface area (Å²) in [6, 6.07) is 6.12. The first kappa shape index (κ1) is 12.7. The van der Waals surface area contributed by atoms with Crippen LogP contribution in [0.4, 0.5) is 8.78 Å². The molecule has 2 heterocycles. The number of aromatic nitrogens is 2. The van der Waals surface area contributed by atoms with E-state index in [1.54, 1.807) is 16.8 Å². The summed E-state index contributed by atoms with van der Waals surface area (Å²) in [6.07, 6.45) is -0.444. The second-order valence-corrected chi connectivity index (χ2v) is 5.18. The third-order valence-corrected chi connectivity index (χ3v) is 3.95. The maximum atomic E-state index is 12.9. The van der Waals surface area contributed by atoms with Gasteiger partial charge in [-0.15, -0.1) is 0 Å². The molecule has 1 aromatic heterocycles. The molecule has 0 aliphatic carbocycles. The highest BCUT2D eigenvalue weighted by atomic mass is 79.9. The molecule has 1 atom stereocenters. The Labute approximate surface area is 117 Å². The van der Waals surface area contributed by atoms with Crippen LogP contribution in [0.15, 0.2) is 28.7 Å². The molecule has 1 aliphatic heterocycles. The summed E-state index contributed by atoms with van der Waals surface area (Å²) >= 11 is 3.48. The van der Waals surface area contributed by atoms with E-state index < -0.39 is 12.8 Å². The summed E-state index contributed by atoms with van der Waals surface area (Å²) in [7, 11) is 0. The smallest absolute Gasteiger partial charge is 0.123 e. The van der Waals surface area contributed by atoms with Gasteiger partial charge in [0.1, 0.15) is 24.3 Å². The Hall–Kier alpha value is -1.27. The first-order valence-electron chi connectivity index (χ1n) is 5.87. The molecule has 19 heavy (non-hydrogen) atoms. The lowest BCUT2D eigenvalue weighted by Gasteiger charge is -2.21. The average molecular weight is 329 g/mol. The molecule has 0 spiro atoms. The van der Waals surface area contributed by atoms with Gasteiger partial charge in [0.2, 0.25) is 0 Å². The third kappa shape index (κ3) is 2.30. The van der Waals surface area contributed by atoms with Gasteiger partial charge in [-0.25, -0.2) is 8.78 Å². The van der Waals surface area contributed by atoms with E-state index in [4.69, 9.17) is 4.74 Å². The molecule has 0 bridgehead atoms. The lowest BCUT2D eigenvalue weighted by atomic mass is 10.1. The van der Waals surface area contributed by atoms with Crippen molar-refractivity contribution in [3.8, 4) is 11.3 Å². The molecule has 0 saturated carbocycles. The molecule has 100 valence electrons. The topological polar surface area (TPSA) is 27.1 Å². The van der Waals surface area contributed by atoms with Crippen molar-refractivity contribution in [2.45, 2.75) is 19.3 Å². The Morgan fingerprint density at radius 1 is 1.37 bits per heavy atom. The molecule has 0 amide bonds. The number of nitrogens with zero attached hydrogens (tertiary/aromatic N) is 2. The van der Waals surface area contributed by atoms with Crippen molar-refractivity contribution >= 4 is 15.9 Å². The molecule has 1 aliphatic rings. The zero-order chi connectivity index (χ0) is 13.4. The van der Waals surface area contributed by atoms with Crippen LogP contribution in [0.5, 0.6) is 0 Å². The second-order valence-electron chi connectivity index (χ2n) is 4.39. The van der Waals surface area contributed by atoms with E-state index in [9.17, 15) is 8.78 Å². The SMILES string of the molecule is FCC1Cn2nc(-c3ccc(F)cc3)c(Br)c2CO1. The van der Waals surface area contributed by atoms with Gasteiger partial charge in [0.25, 0.3) is 0 Å². The number of rotatable bonds is 2. The molecule has 0 fully saturated rings. The summed E-state index contributed by atoms with van der Waals surface area (Å²) < 4.78 is 33.5. The van der Waals surface area contributed by atoms with Gasteiger partial charge in [-0.3, -0.25) is 4.68 Å². The maximum absolute atomic E-state index is 12.9. The van der Waals surface area contributed by atoms with Gasteiger partial charge in [-0.1, -0.05) is 0 Å². The van der Waals surface area contributed by atoms with Crippen LogP contribution in [-0.4, -0.2) is 22.6 Å². The molecule has 0 saturated heterocycles. The lowest BCUT2D eigenvalue weighted by Crippen LogP contribution is -2.29. The number of hydrogen-bond acceptors (Lipinski definition) is 2. The van der Waals surface area contributed by atoms with Crippen molar-refractivity contribution in [3.05, 3.63) is 40.2 Å². The number of halogens is 3. The van der Waals surface area contributed by atoms with Crippen LogP contribution in [0.25, 0.3) is 11.3 Å². The van der Waals surface area contributed by atoms with E-state index in [1.165, 1.54) is 12.1 Å². The fourth-order valence-electron chi connectivity index (χ4n) is 2.09. The van der Waals surface area contributed by atoms with Gasteiger partial charge < -0.3 is 4.74 Å². The summed E-state index contributed by atoms with van der Waals surface area (Å²) in [5.41, 5.74) is 2.41. The molecule has 3 nitrogen and oxygen atoms in total. The summed E-state index contributed by atoms with van der Waals surface area (Å²) in [4.78, 5) is 0. The molecular weight excluding hydrogens is 318 g/mol. The molecule has 1 aromatic carbocycles. The van der Waals surface area contributed by atoms with Crippen molar-refractivity contribution in [2.75, 3.05) is 6.67 Å². The van der Waals surface area contributed by atoms with Crippen molar-refractivity contribution in [3.63, 3.8) is 0 Å². The van der Waals surface area contributed by atoms with E-state index in [2.05, 4.69) is 21.0 Å². The molecule has 1 unspecified atom stereocenters. The first-order valence-corrected chi connectivity index (χ1v) is 6.67. The van der Waals surface area contributed by atoms with Gasteiger partial charge in [-0.2, -0.15) is 5.10 Å². The number of alkyl halides is 1.